The lowest BCUT2D eigenvalue weighted by Crippen LogP contribution is -2.47. The molecular formula is C14H20ClN3O. The predicted molar refractivity (Wildman–Crippen MR) is 77.2 cm³/mol. The maximum atomic E-state index is 12.3. The van der Waals surface area contributed by atoms with Crippen LogP contribution in [-0.2, 0) is 0 Å². The second kappa shape index (κ2) is 5.37. The highest BCUT2D eigenvalue weighted by Gasteiger charge is 2.33. The number of nitrogens with zero attached hydrogens (tertiary/aromatic N) is 1. The van der Waals surface area contributed by atoms with E-state index < -0.39 is 0 Å². The molecule has 1 unspecified atom stereocenters. The van der Waals surface area contributed by atoms with Gasteiger partial charge in [0.1, 0.15) is 11.5 Å². The summed E-state index contributed by atoms with van der Waals surface area (Å²) in [5.41, 5.74) is 5.92. The molecule has 1 aliphatic rings. The maximum Gasteiger partial charge on any atom is 0.271 e. The highest BCUT2D eigenvalue weighted by molar-refractivity contribution is 6.33. The average molecular weight is 282 g/mol. The summed E-state index contributed by atoms with van der Waals surface area (Å²) < 4.78 is 0. The van der Waals surface area contributed by atoms with E-state index in [2.05, 4.69) is 24.1 Å². The molecular weight excluding hydrogens is 262 g/mol. The van der Waals surface area contributed by atoms with Crippen LogP contribution in [0, 0.1) is 5.41 Å². The van der Waals surface area contributed by atoms with E-state index in [0.29, 0.717) is 10.8 Å². The minimum Gasteiger partial charge on any atom is -0.384 e. The van der Waals surface area contributed by atoms with Crippen molar-refractivity contribution >= 4 is 23.3 Å². The van der Waals surface area contributed by atoms with Gasteiger partial charge < -0.3 is 11.1 Å². The maximum absolute atomic E-state index is 12.3. The summed E-state index contributed by atoms with van der Waals surface area (Å²) in [7, 11) is 0. The molecule has 0 radical (unpaired) electrons. The minimum absolute atomic E-state index is 0.112. The molecule has 3 N–H and O–H groups in total. The predicted octanol–water partition coefficient (Wildman–Crippen LogP) is 3.02. The van der Waals surface area contributed by atoms with E-state index in [1.165, 1.54) is 6.42 Å². The van der Waals surface area contributed by atoms with Crippen molar-refractivity contribution in [3.63, 3.8) is 0 Å². The molecule has 0 aromatic carbocycles. The monoisotopic (exact) mass is 281 g/mol. The molecule has 1 amide bonds. The van der Waals surface area contributed by atoms with Gasteiger partial charge in [0.25, 0.3) is 5.91 Å². The van der Waals surface area contributed by atoms with Gasteiger partial charge in [-0.15, -0.1) is 0 Å². The molecule has 1 fully saturated rings. The Morgan fingerprint density at radius 2 is 2.21 bits per heavy atom. The first-order valence-corrected chi connectivity index (χ1v) is 7.01. The van der Waals surface area contributed by atoms with E-state index in [0.717, 1.165) is 19.3 Å². The van der Waals surface area contributed by atoms with Gasteiger partial charge in [-0.25, -0.2) is 4.98 Å². The molecule has 1 saturated carbocycles. The number of carbonyl (C=O) groups is 1. The number of nitrogens with two attached hydrogens (primary N) is 1. The van der Waals surface area contributed by atoms with Crippen molar-refractivity contribution < 1.29 is 4.79 Å². The van der Waals surface area contributed by atoms with Gasteiger partial charge in [0, 0.05) is 6.04 Å². The van der Waals surface area contributed by atoms with Crippen LogP contribution in [0.15, 0.2) is 12.1 Å². The topological polar surface area (TPSA) is 68.0 Å². The van der Waals surface area contributed by atoms with Crippen molar-refractivity contribution in [2.45, 2.75) is 45.6 Å². The molecule has 0 spiro atoms. The number of nitrogen functional groups attached to an aromatic ring is 1. The Labute approximate surface area is 118 Å². The third kappa shape index (κ3) is 3.18. The van der Waals surface area contributed by atoms with E-state index in [9.17, 15) is 4.79 Å². The van der Waals surface area contributed by atoms with Gasteiger partial charge in [-0.3, -0.25) is 4.79 Å². The Hall–Kier alpha value is -1.29. The quantitative estimate of drug-likeness (QED) is 0.875. The van der Waals surface area contributed by atoms with E-state index in [4.69, 9.17) is 17.3 Å². The highest BCUT2D eigenvalue weighted by atomic mass is 35.5. The van der Waals surface area contributed by atoms with Gasteiger partial charge in [-0.05, 0) is 30.4 Å². The Kier molecular flexibility index (Phi) is 3.99. The van der Waals surface area contributed by atoms with E-state index >= 15 is 0 Å². The third-order valence-electron chi connectivity index (χ3n) is 3.90. The van der Waals surface area contributed by atoms with Crippen LogP contribution in [0.4, 0.5) is 5.82 Å². The number of rotatable bonds is 2. The lowest BCUT2D eigenvalue weighted by molar-refractivity contribution is 0.0849. The number of anilines is 1. The molecule has 5 heteroatoms. The van der Waals surface area contributed by atoms with Gasteiger partial charge in [-0.2, -0.15) is 0 Å². The van der Waals surface area contributed by atoms with E-state index in [-0.39, 0.29) is 23.1 Å². The number of carbonyl (C=O) groups excluding carboxylic acids is 1. The minimum atomic E-state index is -0.239. The van der Waals surface area contributed by atoms with Crippen LogP contribution in [0.2, 0.25) is 5.02 Å². The summed E-state index contributed by atoms with van der Waals surface area (Å²) in [6, 6.07) is 3.35. The summed E-state index contributed by atoms with van der Waals surface area (Å²) >= 11 is 6.00. The third-order valence-corrected chi connectivity index (χ3v) is 4.20. The van der Waals surface area contributed by atoms with Crippen molar-refractivity contribution in [3.05, 3.63) is 22.8 Å². The number of aromatic nitrogens is 1. The van der Waals surface area contributed by atoms with Gasteiger partial charge in [0.2, 0.25) is 0 Å². The van der Waals surface area contributed by atoms with Crippen molar-refractivity contribution in [3.8, 4) is 0 Å². The molecule has 1 heterocycles. The average Bonchev–Trinajstić information content (AvgIpc) is 2.34. The van der Waals surface area contributed by atoms with Crippen molar-refractivity contribution in [2.24, 2.45) is 5.41 Å². The fraction of sp³-hybridized carbons (Fsp3) is 0.571. The Morgan fingerprint density at radius 3 is 2.89 bits per heavy atom. The number of hydrogen-bond donors (Lipinski definition) is 2. The van der Waals surface area contributed by atoms with Crippen LogP contribution in [0.1, 0.15) is 50.0 Å². The van der Waals surface area contributed by atoms with Crippen molar-refractivity contribution in [1.82, 2.24) is 10.3 Å². The zero-order chi connectivity index (χ0) is 14.0. The second-order valence-corrected chi connectivity index (χ2v) is 6.23. The molecule has 1 aromatic rings. The summed E-state index contributed by atoms with van der Waals surface area (Å²) in [6.07, 6.45) is 4.48. The molecule has 1 atom stereocenters. The summed E-state index contributed by atoms with van der Waals surface area (Å²) in [5.74, 6) is 0.0646. The van der Waals surface area contributed by atoms with Gasteiger partial charge in [0.15, 0.2) is 0 Å². The fourth-order valence-electron chi connectivity index (χ4n) is 2.60. The molecule has 1 aromatic heterocycles. The van der Waals surface area contributed by atoms with Gasteiger partial charge in [-0.1, -0.05) is 38.3 Å². The summed E-state index contributed by atoms with van der Waals surface area (Å²) in [4.78, 5) is 16.3. The first kappa shape index (κ1) is 14.1. The number of nitrogens with one attached hydrogen (secondary N) is 1. The fourth-order valence-corrected chi connectivity index (χ4v) is 2.80. The van der Waals surface area contributed by atoms with Crippen LogP contribution >= 0.6 is 11.6 Å². The highest BCUT2D eigenvalue weighted by Crippen LogP contribution is 2.35. The number of halogens is 1. The smallest absolute Gasteiger partial charge is 0.271 e. The summed E-state index contributed by atoms with van der Waals surface area (Å²) in [5, 5.41) is 3.39. The SMILES string of the molecule is CC1(C)CCCCC1NC(=O)c1nc(N)ccc1Cl. The molecule has 19 heavy (non-hydrogen) atoms. The number of hydrogen-bond acceptors (Lipinski definition) is 3. The Bertz CT molecular complexity index is 488. The zero-order valence-electron chi connectivity index (χ0n) is 11.4. The van der Waals surface area contributed by atoms with Crippen molar-refractivity contribution in [1.29, 1.82) is 0 Å². The van der Waals surface area contributed by atoms with Crippen LogP contribution in [0.25, 0.3) is 0 Å². The van der Waals surface area contributed by atoms with Gasteiger partial charge in [0.05, 0.1) is 5.02 Å². The molecule has 0 saturated heterocycles. The van der Waals surface area contributed by atoms with Gasteiger partial charge >= 0.3 is 0 Å². The van der Waals surface area contributed by atoms with Crippen LogP contribution in [0.3, 0.4) is 0 Å². The first-order valence-electron chi connectivity index (χ1n) is 6.63. The molecule has 0 aliphatic heterocycles. The molecule has 4 nitrogen and oxygen atoms in total. The largest absolute Gasteiger partial charge is 0.384 e. The summed E-state index contributed by atoms with van der Waals surface area (Å²) in [6.45, 7) is 4.37. The lowest BCUT2D eigenvalue weighted by atomic mass is 9.73. The van der Waals surface area contributed by atoms with Crippen LogP contribution < -0.4 is 11.1 Å². The normalized spacial score (nSPS) is 21.9. The number of amides is 1. The van der Waals surface area contributed by atoms with Crippen molar-refractivity contribution in [2.75, 3.05) is 5.73 Å². The van der Waals surface area contributed by atoms with Crippen LogP contribution in [-0.4, -0.2) is 16.9 Å². The standard InChI is InChI=1S/C14H20ClN3O/c1-14(2)8-4-3-5-10(14)17-13(19)12-9(15)6-7-11(16)18-12/h6-7,10H,3-5,8H2,1-2H3,(H2,16,18)(H,17,19). The Morgan fingerprint density at radius 1 is 1.47 bits per heavy atom. The molecule has 1 aliphatic carbocycles. The molecule has 104 valence electrons. The Balaban J connectivity index is 2.14. The van der Waals surface area contributed by atoms with E-state index in [1.807, 2.05) is 0 Å². The van der Waals surface area contributed by atoms with Crippen LogP contribution in [0.5, 0.6) is 0 Å². The second-order valence-electron chi connectivity index (χ2n) is 5.83. The number of pyridine rings is 1. The van der Waals surface area contributed by atoms with E-state index in [1.54, 1.807) is 12.1 Å². The zero-order valence-corrected chi connectivity index (χ0v) is 12.1. The first-order chi connectivity index (χ1) is 8.90. The molecule has 2 rings (SSSR count). The lowest BCUT2D eigenvalue weighted by Gasteiger charge is -2.39. The molecule has 0 bridgehead atoms.